The third-order valence-corrected chi connectivity index (χ3v) is 3.70. The van der Waals surface area contributed by atoms with Crippen molar-refractivity contribution in [3.05, 3.63) is 35.4 Å². The lowest BCUT2D eigenvalue weighted by Gasteiger charge is -2.17. The van der Waals surface area contributed by atoms with Crippen LogP contribution in [0.3, 0.4) is 0 Å². The van der Waals surface area contributed by atoms with Crippen molar-refractivity contribution in [1.29, 1.82) is 0 Å². The number of nitrogens with two attached hydrogens (primary N) is 1. The molecule has 0 fully saturated rings. The van der Waals surface area contributed by atoms with Crippen LogP contribution in [0.15, 0.2) is 24.3 Å². The standard InChI is InChI=1S/C16H26N2O.ClH/c1-4-12(3)15(17)16(19)18-11-10-14-8-6-13(5-2)7-9-14;/h6-9,12,15H,4-5,10-11,17H2,1-3H3,(H,18,19);1H. The summed E-state index contributed by atoms with van der Waals surface area (Å²) in [6, 6.07) is 8.14. The Hall–Kier alpha value is -1.06. The topological polar surface area (TPSA) is 55.1 Å². The highest BCUT2D eigenvalue weighted by Crippen LogP contribution is 2.06. The highest BCUT2D eigenvalue weighted by atomic mass is 35.5. The first kappa shape index (κ1) is 18.9. The molecule has 2 unspecified atom stereocenters. The first-order chi connectivity index (χ1) is 9.08. The van der Waals surface area contributed by atoms with Crippen molar-refractivity contribution < 1.29 is 4.79 Å². The molecule has 1 amide bonds. The average molecular weight is 299 g/mol. The lowest BCUT2D eigenvalue weighted by atomic mass is 9.99. The summed E-state index contributed by atoms with van der Waals surface area (Å²) in [4.78, 5) is 11.8. The summed E-state index contributed by atoms with van der Waals surface area (Å²) in [5, 5.41) is 2.91. The average Bonchev–Trinajstić information content (AvgIpc) is 2.46. The molecule has 2 atom stereocenters. The zero-order valence-corrected chi connectivity index (χ0v) is 13.5. The number of halogens is 1. The van der Waals surface area contributed by atoms with E-state index in [2.05, 4.69) is 36.5 Å². The molecule has 0 aliphatic rings. The molecule has 0 aliphatic heterocycles. The second-order valence-corrected chi connectivity index (χ2v) is 5.12. The van der Waals surface area contributed by atoms with E-state index >= 15 is 0 Å². The monoisotopic (exact) mass is 298 g/mol. The van der Waals surface area contributed by atoms with Crippen LogP contribution >= 0.6 is 12.4 Å². The lowest BCUT2D eigenvalue weighted by Crippen LogP contribution is -2.45. The molecule has 0 heterocycles. The number of rotatable bonds is 7. The normalized spacial score (nSPS) is 13.2. The zero-order valence-electron chi connectivity index (χ0n) is 12.7. The van der Waals surface area contributed by atoms with Gasteiger partial charge in [-0.25, -0.2) is 0 Å². The van der Waals surface area contributed by atoms with Gasteiger partial charge in [-0.1, -0.05) is 51.5 Å². The molecule has 1 rings (SSSR count). The summed E-state index contributed by atoms with van der Waals surface area (Å²) in [6.07, 6.45) is 2.83. The van der Waals surface area contributed by atoms with Crippen LogP contribution < -0.4 is 11.1 Å². The molecule has 0 bridgehead atoms. The molecule has 0 saturated heterocycles. The smallest absolute Gasteiger partial charge is 0.237 e. The molecule has 0 saturated carbocycles. The number of carbonyl (C=O) groups is 1. The predicted molar refractivity (Wildman–Crippen MR) is 87.2 cm³/mol. The van der Waals surface area contributed by atoms with Crippen molar-refractivity contribution in [2.75, 3.05) is 6.54 Å². The Bertz CT molecular complexity index is 392. The number of hydrogen-bond acceptors (Lipinski definition) is 2. The van der Waals surface area contributed by atoms with Gasteiger partial charge in [0.15, 0.2) is 0 Å². The molecule has 0 aliphatic carbocycles. The van der Waals surface area contributed by atoms with E-state index < -0.39 is 6.04 Å². The Balaban J connectivity index is 0.00000361. The van der Waals surface area contributed by atoms with Crippen LogP contribution in [0.25, 0.3) is 0 Å². The first-order valence-corrected chi connectivity index (χ1v) is 7.19. The van der Waals surface area contributed by atoms with E-state index in [4.69, 9.17) is 5.73 Å². The fraction of sp³-hybridized carbons (Fsp3) is 0.562. The minimum atomic E-state index is -0.396. The van der Waals surface area contributed by atoms with Gasteiger partial charge in [-0.15, -0.1) is 12.4 Å². The molecule has 114 valence electrons. The van der Waals surface area contributed by atoms with Gasteiger partial charge in [-0.2, -0.15) is 0 Å². The number of amides is 1. The van der Waals surface area contributed by atoms with E-state index in [1.165, 1.54) is 11.1 Å². The largest absolute Gasteiger partial charge is 0.354 e. The third kappa shape index (κ3) is 5.93. The Labute approximate surface area is 128 Å². The maximum Gasteiger partial charge on any atom is 0.237 e. The highest BCUT2D eigenvalue weighted by molar-refractivity contribution is 5.85. The second kappa shape index (κ2) is 9.78. The Morgan fingerprint density at radius 2 is 1.75 bits per heavy atom. The van der Waals surface area contributed by atoms with Gasteiger partial charge in [0.25, 0.3) is 0 Å². The van der Waals surface area contributed by atoms with Gasteiger partial charge >= 0.3 is 0 Å². The van der Waals surface area contributed by atoms with Crippen molar-refractivity contribution in [1.82, 2.24) is 5.32 Å². The van der Waals surface area contributed by atoms with E-state index in [0.717, 1.165) is 19.3 Å². The summed E-state index contributed by atoms with van der Waals surface area (Å²) >= 11 is 0. The molecule has 1 aromatic rings. The summed E-state index contributed by atoms with van der Waals surface area (Å²) in [7, 11) is 0. The fourth-order valence-electron chi connectivity index (χ4n) is 1.90. The van der Waals surface area contributed by atoms with Gasteiger partial charge in [0.05, 0.1) is 6.04 Å². The first-order valence-electron chi connectivity index (χ1n) is 7.19. The van der Waals surface area contributed by atoms with E-state index in [9.17, 15) is 4.79 Å². The molecule has 1 aromatic carbocycles. The number of hydrogen-bond donors (Lipinski definition) is 2. The minimum Gasteiger partial charge on any atom is -0.354 e. The summed E-state index contributed by atoms with van der Waals surface area (Å²) in [5.74, 6) is 0.184. The van der Waals surface area contributed by atoms with E-state index in [1.807, 2.05) is 13.8 Å². The van der Waals surface area contributed by atoms with Crippen LogP contribution in [0.5, 0.6) is 0 Å². The minimum absolute atomic E-state index is 0. The third-order valence-electron chi connectivity index (χ3n) is 3.70. The van der Waals surface area contributed by atoms with Crippen molar-refractivity contribution in [2.24, 2.45) is 11.7 Å². The molecular formula is C16H27ClN2O. The molecule has 0 aromatic heterocycles. The van der Waals surface area contributed by atoms with Crippen molar-refractivity contribution in [3.8, 4) is 0 Å². The summed E-state index contributed by atoms with van der Waals surface area (Å²) in [6.45, 7) is 6.85. The molecule has 3 N–H and O–H groups in total. The molecule has 0 radical (unpaired) electrons. The number of benzene rings is 1. The summed E-state index contributed by atoms with van der Waals surface area (Å²) < 4.78 is 0. The van der Waals surface area contributed by atoms with Crippen LogP contribution in [-0.4, -0.2) is 18.5 Å². The van der Waals surface area contributed by atoms with Crippen LogP contribution in [0.4, 0.5) is 0 Å². The van der Waals surface area contributed by atoms with Crippen molar-refractivity contribution in [3.63, 3.8) is 0 Å². The van der Waals surface area contributed by atoms with E-state index in [1.54, 1.807) is 0 Å². The molecule has 4 heteroatoms. The Morgan fingerprint density at radius 3 is 2.25 bits per heavy atom. The molecule has 20 heavy (non-hydrogen) atoms. The van der Waals surface area contributed by atoms with Gasteiger partial charge in [-0.05, 0) is 29.9 Å². The van der Waals surface area contributed by atoms with Crippen LogP contribution in [-0.2, 0) is 17.6 Å². The summed E-state index contributed by atoms with van der Waals surface area (Å²) in [5.41, 5.74) is 8.46. The van der Waals surface area contributed by atoms with Gasteiger partial charge in [-0.3, -0.25) is 4.79 Å². The zero-order chi connectivity index (χ0) is 14.3. The highest BCUT2D eigenvalue weighted by Gasteiger charge is 2.18. The number of aryl methyl sites for hydroxylation is 1. The van der Waals surface area contributed by atoms with E-state index in [0.29, 0.717) is 6.54 Å². The number of carbonyl (C=O) groups excluding carboxylic acids is 1. The van der Waals surface area contributed by atoms with Crippen molar-refractivity contribution in [2.45, 2.75) is 46.1 Å². The lowest BCUT2D eigenvalue weighted by molar-refractivity contribution is -0.123. The maximum absolute atomic E-state index is 11.8. The van der Waals surface area contributed by atoms with Crippen LogP contribution in [0.2, 0.25) is 0 Å². The van der Waals surface area contributed by atoms with Crippen molar-refractivity contribution >= 4 is 18.3 Å². The number of nitrogens with one attached hydrogen (secondary N) is 1. The van der Waals surface area contributed by atoms with Gasteiger partial charge < -0.3 is 11.1 Å². The second-order valence-electron chi connectivity index (χ2n) is 5.12. The quantitative estimate of drug-likeness (QED) is 0.813. The SMILES string of the molecule is CCc1ccc(CCNC(=O)C(N)C(C)CC)cc1.Cl. The molecule has 0 spiro atoms. The van der Waals surface area contributed by atoms with E-state index in [-0.39, 0.29) is 24.2 Å². The van der Waals surface area contributed by atoms with Crippen LogP contribution in [0, 0.1) is 5.92 Å². The Kier molecular flexibility index (Phi) is 9.26. The fourth-order valence-corrected chi connectivity index (χ4v) is 1.90. The molecule has 3 nitrogen and oxygen atoms in total. The molecular weight excluding hydrogens is 272 g/mol. The van der Waals surface area contributed by atoms with Gasteiger partial charge in [0, 0.05) is 6.54 Å². The van der Waals surface area contributed by atoms with Crippen LogP contribution in [0.1, 0.15) is 38.3 Å². The van der Waals surface area contributed by atoms with Gasteiger partial charge in [0.1, 0.15) is 0 Å². The predicted octanol–water partition coefficient (Wildman–Crippen LogP) is 2.70. The van der Waals surface area contributed by atoms with Gasteiger partial charge in [0.2, 0.25) is 5.91 Å². The Morgan fingerprint density at radius 1 is 1.20 bits per heavy atom. The maximum atomic E-state index is 11.8.